The van der Waals surface area contributed by atoms with Crippen molar-refractivity contribution in [1.82, 2.24) is 5.32 Å². The zero-order valence-electron chi connectivity index (χ0n) is 12.0. The lowest BCUT2D eigenvalue weighted by Gasteiger charge is -2.16. The van der Waals surface area contributed by atoms with Gasteiger partial charge in [0.2, 0.25) is 0 Å². The van der Waals surface area contributed by atoms with Gasteiger partial charge in [-0.2, -0.15) is 0 Å². The van der Waals surface area contributed by atoms with Crippen molar-refractivity contribution in [2.24, 2.45) is 10.7 Å². The molecule has 0 aliphatic heterocycles. The second-order valence-corrected chi connectivity index (χ2v) is 5.88. The SMILES string of the molecule is CCC(C)NC(N)=NCC1(c2cccc(Cl)c2)CC1.I. The maximum absolute atomic E-state index is 6.06. The Bertz CT molecular complexity index is 472. The molecule has 0 radical (unpaired) electrons. The molecule has 1 aliphatic carbocycles. The molecule has 1 aromatic carbocycles. The first kappa shape index (κ1) is 17.6. The van der Waals surface area contributed by atoms with E-state index in [9.17, 15) is 0 Å². The molecule has 0 saturated heterocycles. The topological polar surface area (TPSA) is 50.4 Å². The molecule has 20 heavy (non-hydrogen) atoms. The highest BCUT2D eigenvalue weighted by Crippen LogP contribution is 2.48. The summed E-state index contributed by atoms with van der Waals surface area (Å²) < 4.78 is 0. The average molecular weight is 408 g/mol. The lowest BCUT2D eigenvalue weighted by molar-refractivity contribution is 0.630. The van der Waals surface area contributed by atoms with E-state index in [1.54, 1.807) is 0 Å². The van der Waals surface area contributed by atoms with E-state index < -0.39 is 0 Å². The van der Waals surface area contributed by atoms with Crippen LogP contribution in [-0.2, 0) is 5.41 Å². The molecule has 1 fully saturated rings. The number of halogens is 2. The maximum atomic E-state index is 6.06. The molecule has 0 amide bonds. The molecule has 0 bridgehead atoms. The van der Waals surface area contributed by atoms with Gasteiger partial charge < -0.3 is 11.1 Å². The third kappa shape index (κ3) is 4.52. The molecule has 1 atom stereocenters. The van der Waals surface area contributed by atoms with E-state index >= 15 is 0 Å². The number of nitrogens with zero attached hydrogens (tertiary/aromatic N) is 1. The third-order valence-electron chi connectivity index (χ3n) is 3.85. The number of hydrogen-bond donors (Lipinski definition) is 2. The second-order valence-electron chi connectivity index (χ2n) is 5.45. The van der Waals surface area contributed by atoms with Crippen LogP contribution >= 0.6 is 35.6 Å². The van der Waals surface area contributed by atoms with Crippen LogP contribution in [0.2, 0.25) is 5.02 Å². The highest BCUT2D eigenvalue weighted by molar-refractivity contribution is 14.0. The van der Waals surface area contributed by atoms with Gasteiger partial charge in [0.05, 0.1) is 6.54 Å². The Balaban J connectivity index is 0.00000200. The number of nitrogens with two attached hydrogens (primary N) is 1. The molecule has 1 unspecified atom stereocenters. The van der Waals surface area contributed by atoms with Gasteiger partial charge in [0.15, 0.2) is 5.96 Å². The van der Waals surface area contributed by atoms with Gasteiger partial charge in [-0.25, -0.2) is 0 Å². The Kier molecular flexibility index (Phi) is 6.58. The van der Waals surface area contributed by atoms with Gasteiger partial charge in [-0.1, -0.05) is 30.7 Å². The molecule has 0 spiro atoms. The summed E-state index contributed by atoms with van der Waals surface area (Å²) in [6, 6.07) is 8.45. The van der Waals surface area contributed by atoms with Crippen LogP contribution in [0.5, 0.6) is 0 Å². The lowest BCUT2D eigenvalue weighted by atomic mass is 9.96. The van der Waals surface area contributed by atoms with E-state index in [1.807, 2.05) is 18.2 Å². The maximum Gasteiger partial charge on any atom is 0.188 e. The molecule has 3 nitrogen and oxygen atoms in total. The first-order valence-electron chi connectivity index (χ1n) is 6.88. The predicted molar refractivity (Wildman–Crippen MR) is 97.2 cm³/mol. The Labute approximate surface area is 143 Å². The Morgan fingerprint density at radius 2 is 2.20 bits per heavy atom. The number of guanidine groups is 1. The van der Waals surface area contributed by atoms with Gasteiger partial charge in [-0.15, -0.1) is 24.0 Å². The van der Waals surface area contributed by atoms with Crippen LogP contribution < -0.4 is 11.1 Å². The van der Waals surface area contributed by atoms with Gasteiger partial charge in [-0.3, -0.25) is 4.99 Å². The predicted octanol–water partition coefficient (Wildman–Crippen LogP) is 3.69. The monoisotopic (exact) mass is 407 g/mol. The fourth-order valence-electron chi connectivity index (χ4n) is 2.14. The van der Waals surface area contributed by atoms with Crippen LogP contribution in [0.1, 0.15) is 38.7 Å². The lowest BCUT2D eigenvalue weighted by Crippen LogP contribution is -2.38. The molecular weight excluding hydrogens is 385 g/mol. The summed E-state index contributed by atoms with van der Waals surface area (Å²) in [6.07, 6.45) is 3.36. The van der Waals surface area contributed by atoms with Crippen LogP contribution in [0.3, 0.4) is 0 Å². The van der Waals surface area contributed by atoms with E-state index in [4.69, 9.17) is 17.3 Å². The van der Waals surface area contributed by atoms with Crippen molar-refractivity contribution in [3.05, 3.63) is 34.9 Å². The fraction of sp³-hybridized carbons (Fsp3) is 0.533. The third-order valence-corrected chi connectivity index (χ3v) is 4.08. The van der Waals surface area contributed by atoms with Crippen LogP contribution in [0.25, 0.3) is 0 Å². The smallest absolute Gasteiger partial charge is 0.188 e. The second kappa shape index (κ2) is 7.50. The zero-order valence-corrected chi connectivity index (χ0v) is 15.1. The number of rotatable bonds is 5. The fourth-order valence-corrected chi connectivity index (χ4v) is 2.33. The van der Waals surface area contributed by atoms with Crippen molar-refractivity contribution in [1.29, 1.82) is 0 Å². The average Bonchev–Trinajstić information content (AvgIpc) is 3.17. The molecule has 1 saturated carbocycles. The highest BCUT2D eigenvalue weighted by atomic mass is 127. The van der Waals surface area contributed by atoms with Crippen molar-refractivity contribution >= 4 is 41.5 Å². The minimum absolute atomic E-state index is 0. The van der Waals surface area contributed by atoms with Crippen LogP contribution in [0.4, 0.5) is 0 Å². The van der Waals surface area contributed by atoms with Gasteiger partial charge in [-0.05, 0) is 43.9 Å². The van der Waals surface area contributed by atoms with E-state index in [2.05, 4.69) is 30.2 Å². The van der Waals surface area contributed by atoms with Gasteiger partial charge in [0.25, 0.3) is 0 Å². The van der Waals surface area contributed by atoms with E-state index in [0.29, 0.717) is 12.0 Å². The molecule has 112 valence electrons. The van der Waals surface area contributed by atoms with Crippen molar-refractivity contribution in [2.45, 2.75) is 44.6 Å². The molecule has 1 aromatic rings. The minimum atomic E-state index is 0. The summed E-state index contributed by atoms with van der Waals surface area (Å²) in [5.74, 6) is 0.544. The first-order valence-corrected chi connectivity index (χ1v) is 7.26. The molecular formula is C15H23ClIN3. The Morgan fingerprint density at radius 3 is 2.75 bits per heavy atom. The highest BCUT2D eigenvalue weighted by Gasteiger charge is 2.44. The molecule has 0 heterocycles. The van der Waals surface area contributed by atoms with Gasteiger partial charge in [0, 0.05) is 16.5 Å². The van der Waals surface area contributed by atoms with E-state index in [1.165, 1.54) is 5.56 Å². The molecule has 0 aromatic heterocycles. The summed E-state index contributed by atoms with van der Waals surface area (Å²) in [5.41, 5.74) is 7.34. The normalized spacial score (nSPS) is 18.1. The van der Waals surface area contributed by atoms with E-state index in [-0.39, 0.29) is 29.4 Å². The zero-order chi connectivity index (χ0) is 13.9. The van der Waals surface area contributed by atoms with Crippen LogP contribution in [0, 0.1) is 0 Å². The summed E-state index contributed by atoms with van der Waals surface area (Å²) in [7, 11) is 0. The van der Waals surface area contributed by atoms with Gasteiger partial charge in [0.1, 0.15) is 0 Å². The molecule has 5 heteroatoms. The molecule has 2 rings (SSSR count). The summed E-state index contributed by atoms with van der Waals surface area (Å²) >= 11 is 6.06. The Morgan fingerprint density at radius 1 is 1.50 bits per heavy atom. The van der Waals surface area contributed by atoms with Crippen LogP contribution in [0.15, 0.2) is 29.3 Å². The molecule has 3 N–H and O–H groups in total. The van der Waals surface area contributed by atoms with Crippen molar-refractivity contribution in [2.75, 3.05) is 6.54 Å². The summed E-state index contributed by atoms with van der Waals surface area (Å²) in [6.45, 7) is 4.97. The van der Waals surface area contributed by atoms with Crippen molar-refractivity contribution in [3.8, 4) is 0 Å². The number of benzene rings is 1. The quantitative estimate of drug-likeness (QED) is 0.444. The van der Waals surface area contributed by atoms with Crippen LogP contribution in [-0.4, -0.2) is 18.5 Å². The number of nitrogens with one attached hydrogen (secondary N) is 1. The largest absolute Gasteiger partial charge is 0.370 e. The van der Waals surface area contributed by atoms with Crippen molar-refractivity contribution in [3.63, 3.8) is 0 Å². The standard InChI is InChI=1S/C15H22ClN3.HI/c1-3-11(2)19-14(17)18-10-15(7-8-15)12-5-4-6-13(16)9-12;/h4-6,9,11H,3,7-8,10H2,1-2H3,(H3,17,18,19);1H. The minimum Gasteiger partial charge on any atom is -0.370 e. The van der Waals surface area contributed by atoms with Crippen molar-refractivity contribution < 1.29 is 0 Å². The summed E-state index contributed by atoms with van der Waals surface area (Å²) in [4.78, 5) is 4.49. The first-order chi connectivity index (χ1) is 9.05. The molecule has 1 aliphatic rings. The summed E-state index contributed by atoms with van der Waals surface area (Å²) in [5, 5.41) is 3.98. The van der Waals surface area contributed by atoms with Gasteiger partial charge >= 0.3 is 0 Å². The number of aliphatic imine (C=N–C) groups is 1. The van der Waals surface area contributed by atoms with E-state index in [0.717, 1.165) is 30.8 Å². The number of hydrogen-bond acceptors (Lipinski definition) is 1. The Hall–Kier alpha value is -0.490.